The number of nitrogens with zero attached hydrogens (tertiary/aromatic N) is 2. The van der Waals surface area contributed by atoms with Crippen LogP contribution in [0.4, 0.5) is 5.69 Å². The zero-order chi connectivity index (χ0) is 14.6. The van der Waals surface area contributed by atoms with Crippen molar-refractivity contribution in [3.8, 4) is 0 Å². The van der Waals surface area contributed by atoms with E-state index in [1.54, 1.807) is 18.6 Å². The van der Waals surface area contributed by atoms with Crippen molar-refractivity contribution in [2.24, 2.45) is 0 Å². The van der Waals surface area contributed by atoms with E-state index >= 15 is 0 Å². The number of hydrogen-bond acceptors (Lipinski definition) is 4. The van der Waals surface area contributed by atoms with Crippen LogP contribution in [0.3, 0.4) is 0 Å². The zero-order valence-corrected chi connectivity index (χ0v) is 12.2. The van der Waals surface area contributed by atoms with Crippen LogP contribution >= 0.6 is 11.6 Å². The molecule has 0 amide bonds. The summed E-state index contributed by atoms with van der Waals surface area (Å²) in [7, 11) is -3.64. The van der Waals surface area contributed by atoms with E-state index in [0.717, 1.165) is 0 Å². The molecule has 8 heteroatoms. The number of nitrogens with one attached hydrogen (secondary N) is 1. The number of sulfonamides is 1. The molecule has 0 saturated heterocycles. The molecular formula is C12H15ClN4O2S. The monoisotopic (exact) mass is 314 g/mol. The van der Waals surface area contributed by atoms with E-state index in [1.807, 2.05) is 10.8 Å². The number of rotatable bonds is 6. The second-order valence-electron chi connectivity index (χ2n) is 4.24. The van der Waals surface area contributed by atoms with Crippen LogP contribution in [0.5, 0.6) is 0 Å². The molecule has 0 atom stereocenters. The van der Waals surface area contributed by atoms with Crippen molar-refractivity contribution in [2.75, 3.05) is 12.3 Å². The second-order valence-corrected chi connectivity index (χ2v) is 6.38. The maximum absolute atomic E-state index is 12.1. The third kappa shape index (κ3) is 3.72. The Kier molecular flexibility index (Phi) is 4.64. The second kappa shape index (κ2) is 6.25. The maximum Gasteiger partial charge on any atom is 0.242 e. The fourth-order valence-electron chi connectivity index (χ4n) is 1.69. The fraction of sp³-hybridized carbons (Fsp3) is 0.250. The predicted molar refractivity (Wildman–Crippen MR) is 77.9 cm³/mol. The lowest BCUT2D eigenvalue weighted by Crippen LogP contribution is -2.26. The summed E-state index contributed by atoms with van der Waals surface area (Å²) in [6.07, 6.45) is 5.83. The van der Waals surface area contributed by atoms with Gasteiger partial charge in [0.2, 0.25) is 10.0 Å². The Hall–Kier alpha value is -1.57. The van der Waals surface area contributed by atoms with Crippen molar-refractivity contribution in [1.29, 1.82) is 0 Å². The van der Waals surface area contributed by atoms with Gasteiger partial charge >= 0.3 is 0 Å². The van der Waals surface area contributed by atoms with Crippen LogP contribution in [-0.2, 0) is 16.6 Å². The minimum atomic E-state index is -3.64. The highest BCUT2D eigenvalue weighted by Gasteiger charge is 2.17. The zero-order valence-electron chi connectivity index (χ0n) is 10.7. The first-order chi connectivity index (χ1) is 9.49. The minimum Gasteiger partial charge on any atom is -0.399 e. The van der Waals surface area contributed by atoms with Gasteiger partial charge in [-0.3, -0.25) is 0 Å². The molecule has 0 aliphatic rings. The van der Waals surface area contributed by atoms with Crippen molar-refractivity contribution >= 4 is 27.3 Å². The van der Waals surface area contributed by atoms with Gasteiger partial charge in [-0.2, -0.15) is 0 Å². The van der Waals surface area contributed by atoms with Gasteiger partial charge in [0.05, 0.1) is 11.3 Å². The van der Waals surface area contributed by atoms with Crippen molar-refractivity contribution in [1.82, 2.24) is 14.3 Å². The van der Waals surface area contributed by atoms with Crippen molar-refractivity contribution in [3.63, 3.8) is 0 Å². The highest BCUT2D eigenvalue weighted by molar-refractivity contribution is 7.89. The summed E-state index contributed by atoms with van der Waals surface area (Å²) >= 11 is 5.89. The average molecular weight is 315 g/mol. The van der Waals surface area contributed by atoms with Gasteiger partial charge < -0.3 is 10.3 Å². The number of hydrogen-bond donors (Lipinski definition) is 2. The summed E-state index contributed by atoms with van der Waals surface area (Å²) in [6, 6.07) is 4.37. The van der Waals surface area contributed by atoms with E-state index in [1.165, 1.54) is 12.1 Å². The van der Waals surface area contributed by atoms with Crippen LogP contribution in [0.15, 0.2) is 41.8 Å². The first kappa shape index (κ1) is 14.8. The van der Waals surface area contributed by atoms with Gasteiger partial charge in [-0.25, -0.2) is 18.1 Å². The van der Waals surface area contributed by atoms with Crippen LogP contribution in [0, 0.1) is 0 Å². The average Bonchev–Trinajstić information content (AvgIpc) is 2.90. The molecule has 2 aromatic rings. The summed E-state index contributed by atoms with van der Waals surface area (Å²) in [4.78, 5) is 3.91. The Labute approximate surface area is 122 Å². The summed E-state index contributed by atoms with van der Waals surface area (Å²) in [5, 5.41) is 0.154. The Morgan fingerprint density at radius 1 is 1.40 bits per heavy atom. The molecule has 0 fully saturated rings. The molecular weight excluding hydrogens is 300 g/mol. The van der Waals surface area contributed by atoms with Crippen LogP contribution in [-0.4, -0.2) is 24.5 Å². The number of aryl methyl sites for hydroxylation is 1. The lowest BCUT2D eigenvalue weighted by atomic mass is 10.3. The SMILES string of the molecule is Nc1ccc(Cl)c(S(=O)(=O)NCCCn2ccnc2)c1. The lowest BCUT2D eigenvalue weighted by molar-refractivity contribution is 0.570. The molecule has 0 aliphatic carbocycles. The van der Waals surface area contributed by atoms with Crippen molar-refractivity contribution in [3.05, 3.63) is 41.9 Å². The molecule has 0 aliphatic heterocycles. The third-order valence-corrected chi connectivity index (χ3v) is 4.63. The maximum atomic E-state index is 12.1. The molecule has 1 aromatic heterocycles. The van der Waals surface area contributed by atoms with Gasteiger partial charge in [0.25, 0.3) is 0 Å². The first-order valence-electron chi connectivity index (χ1n) is 5.99. The molecule has 0 radical (unpaired) electrons. The topological polar surface area (TPSA) is 90.0 Å². The number of imidazole rings is 1. The standard InChI is InChI=1S/C12H15ClN4O2S/c13-11-3-2-10(14)8-12(11)20(18,19)16-4-1-6-17-7-5-15-9-17/h2-3,5,7-9,16H,1,4,6,14H2. The van der Waals surface area contributed by atoms with Gasteiger partial charge in [-0.05, 0) is 24.6 Å². The Balaban J connectivity index is 1.95. The van der Waals surface area contributed by atoms with Crippen molar-refractivity contribution in [2.45, 2.75) is 17.9 Å². The Bertz CT molecular complexity index is 671. The number of halogens is 1. The number of nitrogen functional groups attached to an aromatic ring is 1. The van der Waals surface area contributed by atoms with E-state index in [2.05, 4.69) is 9.71 Å². The summed E-state index contributed by atoms with van der Waals surface area (Å²) < 4.78 is 28.6. The fourth-order valence-corrected chi connectivity index (χ4v) is 3.30. The quantitative estimate of drug-likeness (QED) is 0.624. The predicted octanol–water partition coefficient (Wildman–Crippen LogP) is 1.49. The highest BCUT2D eigenvalue weighted by Crippen LogP contribution is 2.23. The van der Waals surface area contributed by atoms with Gasteiger partial charge in [0.15, 0.2) is 0 Å². The molecule has 0 spiro atoms. The van der Waals surface area contributed by atoms with E-state index in [4.69, 9.17) is 17.3 Å². The van der Waals surface area contributed by atoms with Crippen LogP contribution in [0.1, 0.15) is 6.42 Å². The molecule has 1 aromatic carbocycles. The molecule has 6 nitrogen and oxygen atoms in total. The van der Waals surface area contributed by atoms with Gasteiger partial charge in [-0.1, -0.05) is 11.6 Å². The molecule has 2 rings (SSSR count). The lowest BCUT2D eigenvalue weighted by Gasteiger charge is -2.09. The van der Waals surface area contributed by atoms with Gasteiger partial charge in [0, 0.05) is 31.2 Å². The molecule has 20 heavy (non-hydrogen) atoms. The number of nitrogens with two attached hydrogens (primary N) is 1. The normalized spacial score (nSPS) is 11.7. The number of anilines is 1. The third-order valence-electron chi connectivity index (χ3n) is 2.69. The van der Waals surface area contributed by atoms with Gasteiger partial charge in [-0.15, -0.1) is 0 Å². The van der Waals surface area contributed by atoms with Crippen LogP contribution in [0.25, 0.3) is 0 Å². The van der Waals surface area contributed by atoms with E-state index in [9.17, 15) is 8.42 Å². The molecule has 0 saturated carbocycles. The molecule has 0 bridgehead atoms. The first-order valence-corrected chi connectivity index (χ1v) is 7.85. The number of benzene rings is 1. The smallest absolute Gasteiger partial charge is 0.242 e. The van der Waals surface area contributed by atoms with E-state index in [-0.39, 0.29) is 9.92 Å². The minimum absolute atomic E-state index is 0.00166. The summed E-state index contributed by atoms with van der Waals surface area (Å²) in [5.74, 6) is 0. The number of aromatic nitrogens is 2. The van der Waals surface area contributed by atoms with E-state index < -0.39 is 10.0 Å². The molecule has 1 heterocycles. The van der Waals surface area contributed by atoms with Crippen LogP contribution in [0.2, 0.25) is 5.02 Å². The largest absolute Gasteiger partial charge is 0.399 e. The molecule has 3 N–H and O–H groups in total. The van der Waals surface area contributed by atoms with E-state index in [0.29, 0.717) is 25.2 Å². The molecule has 108 valence electrons. The molecule has 0 unspecified atom stereocenters. The Morgan fingerprint density at radius 3 is 2.90 bits per heavy atom. The summed E-state index contributed by atoms with van der Waals surface area (Å²) in [6.45, 7) is 0.999. The van der Waals surface area contributed by atoms with Gasteiger partial charge in [0.1, 0.15) is 4.90 Å². The highest BCUT2D eigenvalue weighted by atomic mass is 35.5. The summed E-state index contributed by atoms with van der Waals surface area (Å²) in [5.41, 5.74) is 5.94. The van der Waals surface area contributed by atoms with Crippen molar-refractivity contribution < 1.29 is 8.42 Å². The Morgan fingerprint density at radius 2 is 2.20 bits per heavy atom. The van der Waals surface area contributed by atoms with Crippen LogP contribution < -0.4 is 10.5 Å².